The number of ether oxygens (including phenoxy) is 1. The molecule has 0 aliphatic rings. The highest BCUT2D eigenvalue weighted by Gasteiger charge is 2.20. The number of methoxy groups -OCH3 is 1. The molecule has 0 radical (unpaired) electrons. The lowest BCUT2D eigenvalue weighted by Gasteiger charge is -2.19. The summed E-state index contributed by atoms with van der Waals surface area (Å²) in [6.07, 6.45) is 3.59. The van der Waals surface area contributed by atoms with Crippen molar-refractivity contribution in [2.75, 3.05) is 7.11 Å². The fraction of sp³-hybridized carbons (Fsp3) is 0.200. The van der Waals surface area contributed by atoms with Gasteiger partial charge in [-0.05, 0) is 23.3 Å². The van der Waals surface area contributed by atoms with Gasteiger partial charge in [-0.1, -0.05) is 42.5 Å². The van der Waals surface area contributed by atoms with Crippen LogP contribution in [0.25, 0.3) is 0 Å². The first-order chi connectivity index (χ1) is 12.7. The maximum Gasteiger partial charge on any atom is 0.315 e. The molecule has 0 aliphatic heterocycles. The molecule has 1 unspecified atom stereocenters. The van der Waals surface area contributed by atoms with Gasteiger partial charge in [-0.25, -0.2) is 9.78 Å². The van der Waals surface area contributed by atoms with Gasteiger partial charge < -0.3 is 19.9 Å². The van der Waals surface area contributed by atoms with E-state index in [1.807, 2.05) is 72.4 Å². The summed E-state index contributed by atoms with van der Waals surface area (Å²) in [6, 6.07) is 16.8. The Morgan fingerprint density at radius 3 is 2.69 bits per heavy atom. The fourth-order valence-electron chi connectivity index (χ4n) is 2.74. The molecule has 0 fully saturated rings. The molecule has 3 rings (SSSR count). The topological polar surface area (TPSA) is 68.2 Å². The third-order valence-corrected chi connectivity index (χ3v) is 4.11. The molecule has 2 amide bonds. The first-order valence-corrected chi connectivity index (χ1v) is 8.37. The van der Waals surface area contributed by atoms with Crippen LogP contribution >= 0.6 is 0 Å². The van der Waals surface area contributed by atoms with E-state index in [-0.39, 0.29) is 12.1 Å². The maximum absolute atomic E-state index is 12.5. The van der Waals surface area contributed by atoms with E-state index >= 15 is 0 Å². The number of benzene rings is 2. The number of nitrogens with zero attached hydrogens (tertiary/aromatic N) is 2. The van der Waals surface area contributed by atoms with Crippen LogP contribution in [0.5, 0.6) is 5.75 Å². The van der Waals surface area contributed by atoms with Crippen molar-refractivity contribution in [2.24, 2.45) is 7.05 Å². The number of carbonyl (C=O) groups excluding carboxylic acids is 1. The van der Waals surface area contributed by atoms with Crippen LogP contribution in [0.3, 0.4) is 0 Å². The van der Waals surface area contributed by atoms with Crippen LogP contribution in [0.15, 0.2) is 67.0 Å². The molecular weight excluding hydrogens is 328 g/mol. The van der Waals surface area contributed by atoms with Gasteiger partial charge in [0, 0.05) is 26.0 Å². The van der Waals surface area contributed by atoms with Gasteiger partial charge in [-0.2, -0.15) is 0 Å². The zero-order valence-electron chi connectivity index (χ0n) is 14.8. The monoisotopic (exact) mass is 350 g/mol. The zero-order valence-corrected chi connectivity index (χ0v) is 14.8. The number of hydrogen-bond acceptors (Lipinski definition) is 3. The van der Waals surface area contributed by atoms with E-state index in [1.165, 1.54) is 0 Å². The van der Waals surface area contributed by atoms with Crippen LogP contribution in [0.4, 0.5) is 4.79 Å². The van der Waals surface area contributed by atoms with Crippen LogP contribution in [-0.2, 0) is 13.6 Å². The lowest BCUT2D eigenvalue weighted by Crippen LogP contribution is -2.38. The largest absolute Gasteiger partial charge is 0.497 e. The molecule has 134 valence electrons. The third-order valence-electron chi connectivity index (χ3n) is 4.11. The van der Waals surface area contributed by atoms with Gasteiger partial charge in [0.15, 0.2) is 0 Å². The quantitative estimate of drug-likeness (QED) is 0.718. The zero-order chi connectivity index (χ0) is 18.4. The minimum absolute atomic E-state index is 0.260. The molecule has 0 bridgehead atoms. The molecule has 0 saturated heterocycles. The van der Waals surface area contributed by atoms with Crippen LogP contribution in [0, 0.1) is 0 Å². The number of hydrogen-bond donors (Lipinski definition) is 2. The Morgan fingerprint density at radius 1 is 1.19 bits per heavy atom. The predicted octanol–water partition coefficient (Wildman–Crippen LogP) is 3.02. The van der Waals surface area contributed by atoms with Crippen molar-refractivity contribution in [1.29, 1.82) is 0 Å². The summed E-state index contributed by atoms with van der Waals surface area (Å²) in [7, 11) is 3.53. The van der Waals surface area contributed by atoms with E-state index in [0.29, 0.717) is 6.54 Å². The van der Waals surface area contributed by atoms with Gasteiger partial charge >= 0.3 is 6.03 Å². The van der Waals surface area contributed by atoms with Crippen LogP contribution in [-0.4, -0.2) is 22.7 Å². The second kappa shape index (κ2) is 8.20. The number of imidazole rings is 1. The first-order valence-electron chi connectivity index (χ1n) is 8.37. The molecule has 26 heavy (non-hydrogen) atoms. The summed E-state index contributed by atoms with van der Waals surface area (Å²) in [5, 5.41) is 5.90. The Kier molecular flexibility index (Phi) is 5.53. The third kappa shape index (κ3) is 4.22. The molecule has 0 aliphatic carbocycles. The number of amides is 2. The van der Waals surface area contributed by atoms with Crippen molar-refractivity contribution >= 4 is 6.03 Å². The van der Waals surface area contributed by atoms with Gasteiger partial charge in [0.05, 0.1) is 7.11 Å². The lowest BCUT2D eigenvalue weighted by molar-refractivity contribution is 0.237. The number of carbonyl (C=O) groups is 1. The minimum atomic E-state index is -0.332. The van der Waals surface area contributed by atoms with Crippen molar-refractivity contribution in [2.45, 2.75) is 12.6 Å². The molecule has 6 nitrogen and oxygen atoms in total. The van der Waals surface area contributed by atoms with Crippen LogP contribution < -0.4 is 15.4 Å². The Labute approximate surface area is 152 Å². The van der Waals surface area contributed by atoms with E-state index in [1.54, 1.807) is 13.3 Å². The lowest BCUT2D eigenvalue weighted by atomic mass is 10.1. The molecule has 6 heteroatoms. The van der Waals surface area contributed by atoms with Crippen LogP contribution in [0.2, 0.25) is 0 Å². The molecule has 0 saturated carbocycles. The average molecular weight is 350 g/mol. The Balaban J connectivity index is 1.70. The van der Waals surface area contributed by atoms with Gasteiger partial charge in [-0.3, -0.25) is 0 Å². The Hall–Kier alpha value is -3.28. The number of urea groups is 1. The number of aryl methyl sites for hydroxylation is 1. The second-order valence-corrected chi connectivity index (χ2v) is 5.92. The number of rotatable bonds is 6. The highest BCUT2D eigenvalue weighted by molar-refractivity contribution is 5.74. The normalized spacial score (nSPS) is 11.6. The van der Waals surface area contributed by atoms with Gasteiger partial charge in [0.2, 0.25) is 0 Å². The maximum atomic E-state index is 12.5. The van der Waals surface area contributed by atoms with Crippen LogP contribution in [0.1, 0.15) is 23.0 Å². The molecule has 0 spiro atoms. The van der Waals surface area contributed by atoms with Gasteiger partial charge in [0.1, 0.15) is 17.6 Å². The van der Waals surface area contributed by atoms with Crippen molar-refractivity contribution in [3.8, 4) is 5.75 Å². The number of nitrogens with one attached hydrogen (secondary N) is 2. The molecular formula is C20H22N4O2. The minimum Gasteiger partial charge on any atom is -0.497 e. The summed E-state index contributed by atoms with van der Waals surface area (Å²) in [4.78, 5) is 16.9. The highest BCUT2D eigenvalue weighted by Crippen LogP contribution is 2.20. The molecule has 1 aromatic heterocycles. The first kappa shape index (κ1) is 17.5. The molecule has 2 aromatic carbocycles. The van der Waals surface area contributed by atoms with Gasteiger partial charge in [0.25, 0.3) is 0 Å². The van der Waals surface area contributed by atoms with E-state index in [0.717, 1.165) is 22.7 Å². The summed E-state index contributed by atoms with van der Waals surface area (Å²) >= 11 is 0. The summed E-state index contributed by atoms with van der Waals surface area (Å²) in [5.41, 5.74) is 1.94. The molecule has 3 aromatic rings. The van der Waals surface area contributed by atoms with Crippen molar-refractivity contribution < 1.29 is 9.53 Å². The van der Waals surface area contributed by atoms with Crippen molar-refractivity contribution in [3.05, 3.63) is 83.9 Å². The number of aromatic nitrogens is 2. The summed E-state index contributed by atoms with van der Waals surface area (Å²) in [5.74, 6) is 1.53. The summed E-state index contributed by atoms with van der Waals surface area (Å²) in [6.45, 7) is 0.408. The smallest absolute Gasteiger partial charge is 0.315 e. The fourth-order valence-corrected chi connectivity index (χ4v) is 2.74. The highest BCUT2D eigenvalue weighted by atomic mass is 16.5. The second-order valence-electron chi connectivity index (χ2n) is 5.92. The predicted molar refractivity (Wildman–Crippen MR) is 99.9 cm³/mol. The standard InChI is InChI=1S/C20H22N4O2/c1-24-12-11-21-19(24)18(16-8-4-3-5-9-16)23-20(25)22-14-15-7-6-10-17(13-15)26-2/h3-13,18H,14H2,1-2H3,(H2,22,23,25). The Bertz CT molecular complexity index is 861. The summed E-state index contributed by atoms with van der Waals surface area (Å²) < 4.78 is 7.11. The SMILES string of the molecule is COc1cccc(CNC(=O)NC(c2ccccc2)c2nccn2C)c1. The van der Waals surface area contributed by atoms with Crippen molar-refractivity contribution in [3.63, 3.8) is 0 Å². The van der Waals surface area contributed by atoms with E-state index in [9.17, 15) is 4.79 Å². The van der Waals surface area contributed by atoms with E-state index in [2.05, 4.69) is 15.6 Å². The Morgan fingerprint density at radius 2 is 2.00 bits per heavy atom. The van der Waals surface area contributed by atoms with Gasteiger partial charge in [-0.15, -0.1) is 0 Å². The van der Waals surface area contributed by atoms with E-state index < -0.39 is 0 Å². The molecule has 2 N–H and O–H groups in total. The molecule has 1 heterocycles. The van der Waals surface area contributed by atoms with E-state index in [4.69, 9.17) is 4.74 Å². The molecule has 1 atom stereocenters. The average Bonchev–Trinajstić information content (AvgIpc) is 3.11. The van der Waals surface area contributed by atoms with Crippen molar-refractivity contribution in [1.82, 2.24) is 20.2 Å².